The van der Waals surface area contributed by atoms with Crippen LogP contribution < -0.4 is 32.7 Å². The number of unbranched alkanes of at least 4 members (excludes halogenated alkanes) is 1. The highest BCUT2D eigenvalue weighted by Gasteiger charge is 2.40. The third kappa shape index (κ3) is 9.92. The lowest BCUT2D eigenvalue weighted by atomic mass is 9.97. The average Bonchev–Trinajstić information content (AvgIpc) is 3.35. The van der Waals surface area contributed by atoms with Crippen LogP contribution in [0, 0.1) is 5.92 Å². The molecule has 1 fully saturated rings. The zero-order valence-electron chi connectivity index (χ0n) is 23.2. The lowest BCUT2D eigenvalue weighted by Gasteiger charge is -2.32. The van der Waals surface area contributed by atoms with E-state index in [1.165, 1.54) is 25.7 Å². The van der Waals surface area contributed by atoms with Crippen LogP contribution in [0.15, 0.2) is 0 Å². The van der Waals surface area contributed by atoms with Gasteiger partial charge in [-0.15, -0.1) is 0 Å². The second kappa shape index (κ2) is 15.9. The molecular formula is C25H45N7O6. The number of carbonyl (C=O) groups is 6. The molecular weight excluding hydrogens is 494 g/mol. The van der Waals surface area contributed by atoms with Gasteiger partial charge in [-0.05, 0) is 58.4 Å². The van der Waals surface area contributed by atoms with Gasteiger partial charge >= 0.3 is 0 Å². The molecule has 6 amide bonds. The van der Waals surface area contributed by atoms with E-state index in [2.05, 4.69) is 21.3 Å². The quantitative estimate of drug-likeness (QED) is 0.138. The molecule has 13 heteroatoms. The molecule has 0 aromatic carbocycles. The summed E-state index contributed by atoms with van der Waals surface area (Å²) in [6, 6.07) is -4.38. The summed E-state index contributed by atoms with van der Waals surface area (Å²) < 4.78 is 0. The summed E-state index contributed by atoms with van der Waals surface area (Å²) in [6.45, 7) is 8.80. The molecule has 0 saturated carbocycles. The summed E-state index contributed by atoms with van der Waals surface area (Å²) >= 11 is 0. The topological polar surface area (TPSA) is 206 Å². The Balaban J connectivity index is 2.88. The predicted octanol–water partition coefficient (Wildman–Crippen LogP) is -1.36. The van der Waals surface area contributed by atoms with Gasteiger partial charge in [0, 0.05) is 13.5 Å². The number of rotatable bonds is 15. The number of nitrogens with one attached hydrogen (secondary N) is 4. The Labute approximate surface area is 224 Å². The SMILES string of the molecule is CC[C@H](C)[C@H](NC(=O)[C@H](C)NC(C)=O)C(=O)N1CCC[C@H]1C(=O)N[C@@H](C)C(=O)N[C@@H](CCCCN)C(N)=O. The Morgan fingerprint density at radius 2 is 1.53 bits per heavy atom. The largest absolute Gasteiger partial charge is 0.368 e. The molecule has 1 rings (SSSR count). The number of nitrogens with two attached hydrogens (primary N) is 2. The van der Waals surface area contributed by atoms with E-state index in [-0.39, 0.29) is 11.8 Å². The second-order valence-corrected chi connectivity index (χ2v) is 9.96. The third-order valence-corrected chi connectivity index (χ3v) is 6.79. The van der Waals surface area contributed by atoms with Crippen molar-refractivity contribution in [2.24, 2.45) is 17.4 Å². The maximum Gasteiger partial charge on any atom is 0.246 e. The van der Waals surface area contributed by atoms with Crippen LogP contribution in [0.2, 0.25) is 0 Å². The summed E-state index contributed by atoms with van der Waals surface area (Å²) in [5.41, 5.74) is 10.9. The number of carbonyl (C=O) groups excluding carboxylic acids is 6. The van der Waals surface area contributed by atoms with E-state index >= 15 is 0 Å². The molecule has 0 aromatic heterocycles. The maximum atomic E-state index is 13.5. The van der Waals surface area contributed by atoms with Crippen molar-refractivity contribution in [2.75, 3.05) is 13.1 Å². The van der Waals surface area contributed by atoms with Crippen molar-refractivity contribution in [1.29, 1.82) is 0 Å². The minimum Gasteiger partial charge on any atom is -0.368 e. The van der Waals surface area contributed by atoms with E-state index in [1.54, 1.807) is 0 Å². The van der Waals surface area contributed by atoms with Crippen molar-refractivity contribution < 1.29 is 28.8 Å². The van der Waals surface area contributed by atoms with Crippen LogP contribution in [0.4, 0.5) is 0 Å². The number of nitrogens with zero attached hydrogens (tertiary/aromatic N) is 1. The number of amides is 6. The van der Waals surface area contributed by atoms with Gasteiger partial charge in [0.15, 0.2) is 0 Å². The zero-order chi connectivity index (χ0) is 29.0. The highest BCUT2D eigenvalue weighted by Crippen LogP contribution is 2.21. The molecule has 0 bridgehead atoms. The fraction of sp³-hybridized carbons (Fsp3) is 0.760. The monoisotopic (exact) mass is 539 g/mol. The molecule has 1 heterocycles. The van der Waals surface area contributed by atoms with Gasteiger partial charge in [0.05, 0.1) is 0 Å². The van der Waals surface area contributed by atoms with Gasteiger partial charge in [0.25, 0.3) is 0 Å². The van der Waals surface area contributed by atoms with E-state index in [4.69, 9.17) is 11.5 Å². The number of hydrogen-bond acceptors (Lipinski definition) is 7. The van der Waals surface area contributed by atoms with Crippen LogP contribution in [0.5, 0.6) is 0 Å². The standard InChI is InChI=1S/C25H45N7O6/c1-6-14(2)20(31-23(36)15(3)28-17(5)33)25(38)32-13-9-11-19(32)24(37)29-16(4)22(35)30-18(21(27)34)10-7-8-12-26/h14-16,18-20H,6-13,26H2,1-5H3,(H2,27,34)(H,28,33)(H,29,37)(H,30,35)(H,31,36)/t14-,15-,16-,18-,19-,20-/m0/s1. The van der Waals surface area contributed by atoms with E-state index < -0.39 is 59.7 Å². The first-order valence-electron chi connectivity index (χ1n) is 13.3. The normalized spacial score (nSPS) is 18.9. The van der Waals surface area contributed by atoms with Crippen LogP contribution in [0.3, 0.4) is 0 Å². The molecule has 0 radical (unpaired) electrons. The summed E-state index contributed by atoms with van der Waals surface area (Å²) in [6.07, 6.45) is 3.22. The first kappa shape index (κ1) is 32.8. The minimum atomic E-state index is -0.972. The third-order valence-electron chi connectivity index (χ3n) is 6.79. The van der Waals surface area contributed by atoms with Crippen molar-refractivity contribution >= 4 is 35.4 Å². The fourth-order valence-electron chi connectivity index (χ4n) is 4.26. The fourth-order valence-corrected chi connectivity index (χ4v) is 4.26. The van der Waals surface area contributed by atoms with Crippen molar-refractivity contribution in [3.8, 4) is 0 Å². The Bertz CT molecular complexity index is 867. The highest BCUT2D eigenvalue weighted by atomic mass is 16.2. The first-order chi connectivity index (χ1) is 17.8. The lowest BCUT2D eigenvalue weighted by Crippen LogP contribution is -2.59. The van der Waals surface area contributed by atoms with E-state index in [0.717, 1.165) is 0 Å². The molecule has 0 aromatic rings. The Morgan fingerprint density at radius 1 is 0.921 bits per heavy atom. The second-order valence-electron chi connectivity index (χ2n) is 9.96. The van der Waals surface area contributed by atoms with E-state index in [0.29, 0.717) is 51.6 Å². The van der Waals surface area contributed by atoms with Gasteiger partial charge < -0.3 is 37.6 Å². The van der Waals surface area contributed by atoms with Crippen LogP contribution in [-0.4, -0.2) is 83.6 Å². The van der Waals surface area contributed by atoms with Gasteiger partial charge in [-0.2, -0.15) is 0 Å². The summed E-state index contributed by atoms with van der Waals surface area (Å²) in [5.74, 6) is -3.24. The van der Waals surface area contributed by atoms with Crippen molar-refractivity contribution in [3.63, 3.8) is 0 Å². The van der Waals surface area contributed by atoms with E-state index in [9.17, 15) is 28.8 Å². The number of hydrogen-bond donors (Lipinski definition) is 6. The maximum absolute atomic E-state index is 13.5. The van der Waals surface area contributed by atoms with E-state index in [1.807, 2.05) is 13.8 Å². The van der Waals surface area contributed by atoms with Crippen LogP contribution >= 0.6 is 0 Å². The van der Waals surface area contributed by atoms with Crippen LogP contribution in [-0.2, 0) is 28.8 Å². The molecule has 216 valence electrons. The van der Waals surface area contributed by atoms with Gasteiger partial charge in [0.1, 0.15) is 30.2 Å². The summed E-state index contributed by atoms with van der Waals surface area (Å²) in [7, 11) is 0. The lowest BCUT2D eigenvalue weighted by molar-refractivity contribution is -0.143. The van der Waals surface area contributed by atoms with Crippen molar-refractivity contribution in [3.05, 3.63) is 0 Å². The number of primary amides is 1. The summed E-state index contributed by atoms with van der Waals surface area (Å²) in [5, 5.41) is 10.4. The molecule has 1 saturated heterocycles. The zero-order valence-corrected chi connectivity index (χ0v) is 23.2. The van der Waals surface area contributed by atoms with Gasteiger partial charge in [-0.3, -0.25) is 28.8 Å². The number of likely N-dealkylation sites (tertiary alicyclic amines) is 1. The van der Waals surface area contributed by atoms with Crippen LogP contribution in [0.1, 0.15) is 73.1 Å². The molecule has 0 aliphatic carbocycles. The molecule has 1 aliphatic rings. The van der Waals surface area contributed by atoms with Gasteiger partial charge in [-0.1, -0.05) is 20.3 Å². The molecule has 0 unspecified atom stereocenters. The first-order valence-corrected chi connectivity index (χ1v) is 13.3. The summed E-state index contributed by atoms with van der Waals surface area (Å²) in [4.78, 5) is 76.3. The Kier molecular flexibility index (Phi) is 13.7. The Hall–Kier alpha value is -3.22. The predicted molar refractivity (Wildman–Crippen MR) is 141 cm³/mol. The Morgan fingerprint density at radius 3 is 2.08 bits per heavy atom. The molecule has 6 atom stereocenters. The van der Waals surface area contributed by atoms with Crippen molar-refractivity contribution in [1.82, 2.24) is 26.2 Å². The van der Waals surface area contributed by atoms with Gasteiger partial charge in [0.2, 0.25) is 35.4 Å². The molecule has 8 N–H and O–H groups in total. The van der Waals surface area contributed by atoms with Gasteiger partial charge in [-0.25, -0.2) is 0 Å². The smallest absolute Gasteiger partial charge is 0.246 e. The highest BCUT2D eigenvalue weighted by molar-refractivity contribution is 5.96. The average molecular weight is 540 g/mol. The molecule has 0 spiro atoms. The van der Waals surface area contributed by atoms with Crippen molar-refractivity contribution in [2.45, 2.75) is 103 Å². The molecule has 38 heavy (non-hydrogen) atoms. The molecule has 13 nitrogen and oxygen atoms in total. The molecule has 1 aliphatic heterocycles. The van der Waals surface area contributed by atoms with Crippen LogP contribution in [0.25, 0.3) is 0 Å². The minimum absolute atomic E-state index is 0.227.